The number of hydrogen-bond acceptors (Lipinski definition) is 5. The third-order valence-electron chi connectivity index (χ3n) is 7.10. The topological polar surface area (TPSA) is 79.2 Å². The molecule has 4 saturated carbocycles. The lowest BCUT2D eigenvalue weighted by Crippen LogP contribution is -2.60. The first-order valence-electron chi connectivity index (χ1n) is 11.3. The van der Waals surface area contributed by atoms with Gasteiger partial charge in [0.2, 0.25) is 5.91 Å². The maximum atomic E-state index is 12.9. The Balaban J connectivity index is 1.21. The molecule has 0 radical (unpaired) electrons. The van der Waals surface area contributed by atoms with E-state index < -0.39 is 5.97 Å². The van der Waals surface area contributed by atoms with E-state index in [9.17, 15) is 9.59 Å². The van der Waals surface area contributed by atoms with Crippen LogP contribution in [0.15, 0.2) is 53.4 Å². The van der Waals surface area contributed by atoms with E-state index in [2.05, 4.69) is 5.32 Å². The number of nitrogens with zero attached hydrogens (tertiary/aromatic N) is 1. The molecule has 0 saturated heterocycles. The molecule has 4 aliphatic rings. The molecule has 2 aromatic carbocycles. The fourth-order valence-electron chi connectivity index (χ4n) is 6.26. The fraction of sp³-hybridized carbons (Fsp3) is 0.423. The second kappa shape index (κ2) is 8.63. The van der Waals surface area contributed by atoms with Gasteiger partial charge >= 0.3 is 5.97 Å². The first-order valence-corrected chi connectivity index (χ1v) is 12.3. The molecule has 1 N–H and O–H groups in total. The number of hydrogen-bond donors (Lipinski definition) is 1. The SMILES string of the molecule is N#Cc1ccc(OC(=O)c2ccccc2SCC(=O)NC23CC4CC(CC(C4)C2)C3)cc1. The molecule has 4 aliphatic carbocycles. The van der Waals surface area contributed by atoms with Crippen molar-refractivity contribution < 1.29 is 14.3 Å². The number of esters is 1. The summed E-state index contributed by atoms with van der Waals surface area (Å²) in [6.45, 7) is 0. The summed E-state index contributed by atoms with van der Waals surface area (Å²) < 4.78 is 5.48. The minimum absolute atomic E-state index is 0.000427. The lowest BCUT2D eigenvalue weighted by Gasteiger charge is -2.56. The lowest BCUT2D eigenvalue weighted by atomic mass is 9.53. The molecule has 4 bridgehead atoms. The number of carbonyl (C=O) groups is 2. The molecule has 32 heavy (non-hydrogen) atoms. The van der Waals surface area contributed by atoms with Crippen LogP contribution < -0.4 is 10.1 Å². The number of rotatable bonds is 6. The minimum atomic E-state index is -0.473. The average molecular weight is 447 g/mol. The molecular formula is C26H26N2O3S. The summed E-state index contributed by atoms with van der Waals surface area (Å²) in [4.78, 5) is 26.3. The standard InChI is InChI=1S/C26H26N2O3S/c27-15-17-5-7-21(8-6-17)31-25(30)22-3-1-2-4-23(22)32-16-24(29)28-26-12-18-9-19(13-26)11-20(10-18)14-26/h1-8,18-20H,9-14,16H2,(H,28,29). The molecule has 6 rings (SSSR count). The van der Waals surface area contributed by atoms with Crippen LogP contribution in [-0.2, 0) is 4.79 Å². The van der Waals surface area contributed by atoms with Gasteiger partial charge in [0.05, 0.1) is 22.9 Å². The molecule has 0 heterocycles. The van der Waals surface area contributed by atoms with Crippen molar-refractivity contribution in [3.8, 4) is 11.8 Å². The molecule has 0 aromatic heterocycles. The predicted octanol–water partition coefficient (Wildman–Crippen LogP) is 4.95. The van der Waals surface area contributed by atoms with Gasteiger partial charge in [0.1, 0.15) is 5.75 Å². The van der Waals surface area contributed by atoms with Crippen LogP contribution in [0.5, 0.6) is 5.75 Å². The molecule has 0 unspecified atom stereocenters. The van der Waals surface area contributed by atoms with E-state index in [4.69, 9.17) is 10.00 Å². The van der Waals surface area contributed by atoms with Crippen molar-refractivity contribution in [3.05, 3.63) is 59.7 Å². The number of amides is 1. The van der Waals surface area contributed by atoms with E-state index >= 15 is 0 Å². The number of carbonyl (C=O) groups excluding carboxylic acids is 2. The average Bonchev–Trinajstić information content (AvgIpc) is 2.77. The highest BCUT2D eigenvalue weighted by Crippen LogP contribution is 2.55. The number of thioether (sulfide) groups is 1. The van der Waals surface area contributed by atoms with Gasteiger partial charge in [-0.25, -0.2) is 4.79 Å². The Hall–Kier alpha value is -2.78. The van der Waals surface area contributed by atoms with E-state index in [1.165, 1.54) is 31.0 Å². The van der Waals surface area contributed by atoms with Crippen molar-refractivity contribution in [1.82, 2.24) is 5.32 Å². The van der Waals surface area contributed by atoms with Crippen molar-refractivity contribution in [1.29, 1.82) is 5.26 Å². The normalized spacial score (nSPS) is 27.5. The Kier molecular flexibility index (Phi) is 5.69. The van der Waals surface area contributed by atoms with Gasteiger partial charge in [-0.15, -0.1) is 11.8 Å². The highest BCUT2D eigenvalue weighted by Gasteiger charge is 2.51. The van der Waals surface area contributed by atoms with Crippen LogP contribution in [0, 0.1) is 29.1 Å². The highest BCUT2D eigenvalue weighted by atomic mass is 32.2. The van der Waals surface area contributed by atoms with Gasteiger partial charge in [-0.2, -0.15) is 5.26 Å². The predicted molar refractivity (Wildman–Crippen MR) is 122 cm³/mol. The number of benzene rings is 2. The number of nitriles is 1. The van der Waals surface area contributed by atoms with Crippen LogP contribution in [0.25, 0.3) is 0 Å². The zero-order valence-electron chi connectivity index (χ0n) is 17.9. The Bertz CT molecular complexity index is 1040. The molecule has 0 atom stereocenters. The summed E-state index contributed by atoms with van der Waals surface area (Å²) >= 11 is 1.37. The zero-order valence-corrected chi connectivity index (χ0v) is 18.7. The molecule has 5 nitrogen and oxygen atoms in total. The van der Waals surface area contributed by atoms with Gasteiger partial charge in [-0.3, -0.25) is 4.79 Å². The van der Waals surface area contributed by atoms with Crippen LogP contribution in [0.2, 0.25) is 0 Å². The molecule has 164 valence electrons. The van der Waals surface area contributed by atoms with Crippen molar-refractivity contribution in [2.45, 2.75) is 49.0 Å². The lowest BCUT2D eigenvalue weighted by molar-refractivity contribution is -0.124. The van der Waals surface area contributed by atoms with Gasteiger partial charge in [0, 0.05) is 10.4 Å². The van der Waals surface area contributed by atoms with Crippen LogP contribution in [-0.4, -0.2) is 23.2 Å². The minimum Gasteiger partial charge on any atom is -0.423 e. The van der Waals surface area contributed by atoms with Gasteiger partial charge in [0.25, 0.3) is 0 Å². The third-order valence-corrected chi connectivity index (χ3v) is 8.18. The fourth-order valence-corrected chi connectivity index (χ4v) is 7.10. The molecule has 0 aliphatic heterocycles. The summed E-state index contributed by atoms with van der Waals surface area (Å²) in [6.07, 6.45) is 7.42. The van der Waals surface area contributed by atoms with Crippen molar-refractivity contribution in [3.63, 3.8) is 0 Å². The Labute approximate surface area is 192 Å². The first kappa shape index (κ1) is 21.1. The van der Waals surface area contributed by atoms with E-state index in [0.29, 0.717) is 16.9 Å². The van der Waals surface area contributed by atoms with E-state index in [1.54, 1.807) is 36.4 Å². The van der Waals surface area contributed by atoms with E-state index in [0.717, 1.165) is 41.9 Å². The summed E-state index contributed by atoms with van der Waals surface area (Å²) in [5.74, 6) is 2.59. The Morgan fingerprint density at radius 3 is 2.25 bits per heavy atom. The maximum Gasteiger partial charge on any atom is 0.344 e. The summed E-state index contributed by atoms with van der Waals surface area (Å²) in [6, 6.07) is 15.7. The highest BCUT2D eigenvalue weighted by molar-refractivity contribution is 8.00. The zero-order chi connectivity index (χ0) is 22.1. The second-order valence-electron chi connectivity index (χ2n) is 9.56. The van der Waals surface area contributed by atoms with Gasteiger partial charge in [0.15, 0.2) is 0 Å². The van der Waals surface area contributed by atoms with Gasteiger partial charge < -0.3 is 10.1 Å². The Morgan fingerprint density at radius 1 is 1.00 bits per heavy atom. The van der Waals surface area contributed by atoms with E-state index in [1.807, 2.05) is 18.2 Å². The summed E-state index contributed by atoms with van der Waals surface area (Å²) in [5, 5.41) is 12.3. The first-order chi connectivity index (χ1) is 15.5. The molecular weight excluding hydrogens is 420 g/mol. The molecule has 0 spiro atoms. The molecule has 2 aromatic rings. The molecule has 6 heteroatoms. The van der Waals surface area contributed by atoms with Crippen molar-refractivity contribution in [2.24, 2.45) is 17.8 Å². The molecule has 1 amide bonds. The second-order valence-corrected chi connectivity index (χ2v) is 10.6. The van der Waals surface area contributed by atoms with Crippen LogP contribution >= 0.6 is 11.8 Å². The van der Waals surface area contributed by atoms with Crippen LogP contribution in [0.1, 0.15) is 54.4 Å². The van der Waals surface area contributed by atoms with Crippen molar-refractivity contribution >= 4 is 23.6 Å². The largest absolute Gasteiger partial charge is 0.423 e. The quantitative estimate of drug-likeness (QED) is 0.386. The Morgan fingerprint density at radius 2 is 1.62 bits per heavy atom. The summed E-state index contributed by atoms with van der Waals surface area (Å²) in [7, 11) is 0. The van der Waals surface area contributed by atoms with Crippen LogP contribution in [0.3, 0.4) is 0 Å². The number of ether oxygens (including phenoxy) is 1. The van der Waals surface area contributed by atoms with Gasteiger partial charge in [-0.1, -0.05) is 12.1 Å². The third kappa shape index (κ3) is 4.40. The van der Waals surface area contributed by atoms with Crippen LogP contribution in [0.4, 0.5) is 0 Å². The van der Waals surface area contributed by atoms with Gasteiger partial charge in [-0.05, 0) is 92.7 Å². The monoisotopic (exact) mass is 446 g/mol. The smallest absolute Gasteiger partial charge is 0.344 e. The maximum absolute atomic E-state index is 12.9. The van der Waals surface area contributed by atoms with E-state index in [-0.39, 0.29) is 17.2 Å². The number of nitrogens with one attached hydrogen (secondary N) is 1. The molecule has 4 fully saturated rings. The summed E-state index contributed by atoms with van der Waals surface area (Å²) in [5.41, 5.74) is 0.940. The van der Waals surface area contributed by atoms with Crippen molar-refractivity contribution in [2.75, 3.05) is 5.75 Å².